The number of rotatable bonds is 5. The molecule has 0 saturated heterocycles. The molecule has 0 atom stereocenters. The highest BCUT2D eigenvalue weighted by atomic mass is 19.4. The van der Waals surface area contributed by atoms with E-state index in [0.717, 1.165) is 10.1 Å². The smallest absolute Gasteiger partial charge is 0.360 e. The molecule has 3 aromatic heterocycles. The number of aryl methyl sites for hydroxylation is 1. The normalized spacial score (nSPS) is 11.7. The largest absolute Gasteiger partial charge is 0.435 e. The van der Waals surface area contributed by atoms with E-state index in [1.165, 1.54) is 12.3 Å². The molecule has 4 aromatic rings. The number of benzene rings is 1. The second-order valence-corrected chi connectivity index (χ2v) is 7.98. The first-order chi connectivity index (χ1) is 16.1. The monoisotopic (exact) mass is 470 g/mol. The van der Waals surface area contributed by atoms with Gasteiger partial charge in [0.25, 0.3) is 11.8 Å². The molecule has 0 radical (unpaired) electrons. The van der Waals surface area contributed by atoms with Gasteiger partial charge in [0.1, 0.15) is 5.69 Å². The van der Waals surface area contributed by atoms with Gasteiger partial charge >= 0.3 is 6.18 Å². The zero-order chi connectivity index (χ0) is 24.6. The lowest BCUT2D eigenvalue weighted by Gasteiger charge is -2.15. The minimum absolute atomic E-state index is 0.0840. The zero-order valence-electron chi connectivity index (χ0n) is 18.5. The Bertz CT molecular complexity index is 1390. The molecule has 0 unspecified atom stereocenters. The molecule has 3 heterocycles. The number of aromatic amines is 1. The molecule has 0 aliphatic heterocycles. The van der Waals surface area contributed by atoms with E-state index < -0.39 is 23.7 Å². The minimum Gasteiger partial charge on any atom is -0.360 e. The summed E-state index contributed by atoms with van der Waals surface area (Å²) in [6.45, 7) is 5.22. The van der Waals surface area contributed by atoms with Gasteiger partial charge in [-0.05, 0) is 44.5 Å². The van der Waals surface area contributed by atoms with E-state index in [2.05, 4.69) is 25.7 Å². The first kappa shape index (κ1) is 23.0. The van der Waals surface area contributed by atoms with Crippen LogP contribution in [0.25, 0.3) is 16.7 Å². The summed E-state index contributed by atoms with van der Waals surface area (Å²) in [5, 5.41) is 9.69. The van der Waals surface area contributed by atoms with Gasteiger partial charge in [-0.1, -0.05) is 12.1 Å². The summed E-state index contributed by atoms with van der Waals surface area (Å²) in [5.41, 5.74) is -0.298. The van der Waals surface area contributed by atoms with E-state index in [-0.39, 0.29) is 28.8 Å². The molecule has 0 spiro atoms. The van der Waals surface area contributed by atoms with Crippen molar-refractivity contribution < 1.29 is 22.8 Å². The number of nitrogens with zero attached hydrogens (tertiary/aromatic N) is 3. The Labute approximate surface area is 192 Å². The number of fused-ring (bicyclic) bond motifs is 1. The summed E-state index contributed by atoms with van der Waals surface area (Å²) in [7, 11) is 0. The van der Waals surface area contributed by atoms with E-state index in [1.807, 2.05) is 0 Å². The van der Waals surface area contributed by atoms with Crippen LogP contribution in [0.5, 0.6) is 0 Å². The van der Waals surface area contributed by atoms with Crippen molar-refractivity contribution in [2.75, 3.05) is 5.32 Å². The van der Waals surface area contributed by atoms with Gasteiger partial charge in [-0.2, -0.15) is 18.3 Å². The maximum Gasteiger partial charge on any atom is 0.435 e. The van der Waals surface area contributed by atoms with E-state index in [0.29, 0.717) is 17.1 Å². The number of halogens is 3. The van der Waals surface area contributed by atoms with Crippen molar-refractivity contribution in [3.63, 3.8) is 0 Å². The maximum atomic E-state index is 13.4. The Hall–Kier alpha value is -4.15. The molecule has 2 amide bonds. The molecule has 34 heavy (non-hydrogen) atoms. The van der Waals surface area contributed by atoms with Gasteiger partial charge in [-0.15, -0.1) is 0 Å². The van der Waals surface area contributed by atoms with Crippen LogP contribution in [0.2, 0.25) is 0 Å². The second kappa shape index (κ2) is 8.65. The molecule has 0 aliphatic carbocycles. The molecule has 0 bridgehead atoms. The summed E-state index contributed by atoms with van der Waals surface area (Å²) in [5.74, 6) is -1.23. The van der Waals surface area contributed by atoms with Gasteiger partial charge in [-0.25, -0.2) is 9.67 Å². The molecule has 3 N–H and O–H groups in total. The lowest BCUT2D eigenvalue weighted by atomic mass is 10.1. The number of carbonyl (C=O) groups excluding carboxylic acids is 2. The van der Waals surface area contributed by atoms with Gasteiger partial charge < -0.3 is 15.6 Å². The number of hydrogen-bond donors (Lipinski definition) is 3. The Morgan fingerprint density at radius 2 is 1.88 bits per heavy atom. The Balaban J connectivity index is 1.80. The van der Waals surface area contributed by atoms with E-state index in [4.69, 9.17) is 0 Å². The van der Waals surface area contributed by atoms with Gasteiger partial charge in [-0.3, -0.25) is 9.59 Å². The fraction of sp³-hybridized carbons (Fsp3) is 0.217. The lowest BCUT2D eigenvalue weighted by molar-refractivity contribution is -0.141. The third-order valence-corrected chi connectivity index (χ3v) is 5.04. The predicted molar refractivity (Wildman–Crippen MR) is 120 cm³/mol. The number of pyridine rings is 1. The molecule has 176 valence electrons. The van der Waals surface area contributed by atoms with Crippen LogP contribution in [0.4, 0.5) is 18.9 Å². The third kappa shape index (κ3) is 4.36. The van der Waals surface area contributed by atoms with Gasteiger partial charge in [0, 0.05) is 29.9 Å². The maximum absolute atomic E-state index is 13.4. The molecule has 0 fully saturated rings. The fourth-order valence-corrected chi connectivity index (χ4v) is 3.53. The molecule has 1 aromatic carbocycles. The molecular weight excluding hydrogens is 449 g/mol. The number of aromatic nitrogens is 4. The highest BCUT2D eigenvalue weighted by Crippen LogP contribution is 2.31. The van der Waals surface area contributed by atoms with Crippen LogP contribution in [0.3, 0.4) is 0 Å². The van der Waals surface area contributed by atoms with Crippen molar-refractivity contribution >= 4 is 28.4 Å². The van der Waals surface area contributed by atoms with Crippen molar-refractivity contribution in [1.82, 2.24) is 25.1 Å². The number of nitrogens with one attached hydrogen (secondary N) is 3. The average Bonchev–Trinajstić information content (AvgIpc) is 3.40. The van der Waals surface area contributed by atoms with Gasteiger partial charge in [0.05, 0.1) is 16.8 Å². The Morgan fingerprint density at radius 3 is 2.56 bits per heavy atom. The van der Waals surface area contributed by atoms with E-state index >= 15 is 0 Å². The first-order valence-corrected chi connectivity index (χ1v) is 10.4. The van der Waals surface area contributed by atoms with E-state index in [9.17, 15) is 22.8 Å². The second-order valence-electron chi connectivity index (χ2n) is 7.98. The SMILES string of the molecule is Cc1cccnc1-n1nc(C(F)(F)F)cc1C(=O)Nc1ccc2cc[nH]c2c1C(=O)NC(C)C. The Morgan fingerprint density at radius 1 is 1.12 bits per heavy atom. The summed E-state index contributed by atoms with van der Waals surface area (Å²) < 4.78 is 41.2. The molecule has 0 saturated carbocycles. The number of amides is 2. The van der Waals surface area contributed by atoms with Gasteiger partial charge in [0.2, 0.25) is 0 Å². The Kier molecular flexibility index (Phi) is 5.86. The standard InChI is InChI=1S/C23H21F3N6O2/c1-12(2)29-22(34)18-15(7-6-14-8-10-27-19(14)18)30-21(33)16-11-17(23(24,25)26)31-32(16)20-13(3)5-4-9-28-20/h4-12,27H,1-3H3,(H,29,34)(H,30,33). The van der Waals surface area contributed by atoms with Crippen molar-refractivity contribution in [2.24, 2.45) is 0 Å². The topological polar surface area (TPSA) is 105 Å². The van der Waals surface area contributed by atoms with Crippen LogP contribution in [0, 0.1) is 6.92 Å². The highest BCUT2D eigenvalue weighted by Gasteiger charge is 2.36. The molecular formula is C23H21F3N6O2. The quantitative estimate of drug-likeness (QED) is 0.400. The first-order valence-electron chi connectivity index (χ1n) is 10.4. The average molecular weight is 470 g/mol. The number of hydrogen-bond acceptors (Lipinski definition) is 4. The van der Waals surface area contributed by atoms with Crippen LogP contribution in [0.1, 0.15) is 46.0 Å². The van der Waals surface area contributed by atoms with Crippen molar-refractivity contribution in [3.05, 3.63) is 71.3 Å². The third-order valence-electron chi connectivity index (χ3n) is 5.04. The highest BCUT2D eigenvalue weighted by molar-refractivity contribution is 6.14. The van der Waals surface area contributed by atoms with Crippen molar-refractivity contribution in [1.29, 1.82) is 0 Å². The zero-order valence-corrected chi connectivity index (χ0v) is 18.5. The fourth-order valence-electron chi connectivity index (χ4n) is 3.53. The molecule has 0 aliphatic rings. The number of carbonyl (C=O) groups is 2. The summed E-state index contributed by atoms with van der Waals surface area (Å²) in [4.78, 5) is 33.2. The molecule has 11 heteroatoms. The van der Waals surface area contributed by atoms with Crippen LogP contribution >= 0.6 is 0 Å². The number of alkyl halides is 3. The summed E-state index contributed by atoms with van der Waals surface area (Å²) in [6, 6.07) is 8.73. The number of anilines is 1. The molecule has 8 nitrogen and oxygen atoms in total. The lowest BCUT2D eigenvalue weighted by Crippen LogP contribution is -2.31. The minimum atomic E-state index is -4.77. The van der Waals surface area contributed by atoms with Crippen molar-refractivity contribution in [2.45, 2.75) is 33.0 Å². The summed E-state index contributed by atoms with van der Waals surface area (Å²) >= 11 is 0. The van der Waals surface area contributed by atoms with Crippen LogP contribution < -0.4 is 10.6 Å². The number of H-pyrrole nitrogens is 1. The summed E-state index contributed by atoms with van der Waals surface area (Å²) in [6.07, 6.45) is -1.72. The van der Waals surface area contributed by atoms with Crippen LogP contribution in [-0.2, 0) is 6.18 Å². The molecule has 4 rings (SSSR count). The predicted octanol–water partition coefficient (Wildman–Crippen LogP) is 4.47. The van der Waals surface area contributed by atoms with Crippen molar-refractivity contribution in [3.8, 4) is 5.82 Å². The van der Waals surface area contributed by atoms with Crippen LogP contribution in [0.15, 0.2) is 48.8 Å². The van der Waals surface area contributed by atoms with E-state index in [1.54, 1.807) is 51.2 Å². The van der Waals surface area contributed by atoms with Gasteiger partial charge in [0.15, 0.2) is 11.5 Å². The van der Waals surface area contributed by atoms with Crippen LogP contribution in [-0.4, -0.2) is 37.6 Å².